The largest absolute Gasteiger partial charge is 0.396 e. The Morgan fingerprint density at radius 1 is 1.43 bits per heavy atom. The van der Waals surface area contributed by atoms with E-state index in [1.54, 1.807) is 4.90 Å². The van der Waals surface area contributed by atoms with E-state index in [1.807, 2.05) is 0 Å². The zero-order valence-corrected chi connectivity index (χ0v) is 8.32. The first-order valence-electron chi connectivity index (χ1n) is 5.12. The van der Waals surface area contributed by atoms with Gasteiger partial charge in [-0.05, 0) is 19.3 Å². The molecule has 0 saturated carbocycles. The zero-order chi connectivity index (χ0) is 10.4. The Labute approximate surface area is 83.9 Å². The van der Waals surface area contributed by atoms with Gasteiger partial charge in [-0.3, -0.25) is 4.79 Å². The molecule has 1 amide bonds. The maximum Gasteiger partial charge on any atom is 0.223 e. The number of nitrogens with zero attached hydrogens (tertiary/aromatic N) is 1. The van der Waals surface area contributed by atoms with Gasteiger partial charge in [-0.1, -0.05) is 0 Å². The van der Waals surface area contributed by atoms with Gasteiger partial charge in [0.15, 0.2) is 0 Å². The Balaban J connectivity index is 2.18. The molecule has 1 heterocycles. The van der Waals surface area contributed by atoms with Crippen molar-refractivity contribution in [1.29, 1.82) is 0 Å². The highest BCUT2D eigenvalue weighted by Gasteiger charge is 2.28. The first-order valence-corrected chi connectivity index (χ1v) is 5.12. The van der Waals surface area contributed by atoms with Gasteiger partial charge < -0.3 is 14.8 Å². The first kappa shape index (κ1) is 11.2. The van der Waals surface area contributed by atoms with E-state index in [1.165, 1.54) is 0 Å². The molecule has 1 atom stereocenters. The summed E-state index contributed by atoms with van der Waals surface area (Å²) in [4.78, 5) is 23.5. The van der Waals surface area contributed by atoms with E-state index in [0.29, 0.717) is 13.0 Å². The third-order valence-electron chi connectivity index (χ3n) is 2.52. The van der Waals surface area contributed by atoms with E-state index in [-0.39, 0.29) is 18.4 Å². The van der Waals surface area contributed by atoms with Crippen LogP contribution in [-0.2, 0) is 9.59 Å². The molecule has 80 valence electrons. The molecule has 1 saturated heterocycles. The first-order chi connectivity index (χ1) is 6.77. The normalized spacial score (nSPS) is 21.6. The van der Waals surface area contributed by atoms with Crippen molar-refractivity contribution in [3.05, 3.63) is 0 Å². The lowest BCUT2D eigenvalue weighted by Crippen LogP contribution is -2.26. The maximum absolute atomic E-state index is 11.3. The molecule has 0 bridgehead atoms. The number of unbranched alkanes of at least 4 members (excludes halogenated alkanes) is 2. The quantitative estimate of drug-likeness (QED) is 0.491. The number of hydrogen-bond donors (Lipinski definition) is 1. The molecule has 0 aromatic heterocycles. The molecule has 4 nitrogen and oxygen atoms in total. The summed E-state index contributed by atoms with van der Waals surface area (Å²) in [6, 6.07) is 0. The molecular formula is C10H17NO3. The van der Waals surface area contributed by atoms with Crippen molar-refractivity contribution >= 4 is 12.2 Å². The highest BCUT2D eigenvalue weighted by molar-refractivity contribution is 5.82. The number of aliphatic hydroxyl groups is 1. The fraction of sp³-hybridized carbons (Fsp3) is 0.800. The highest BCUT2D eigenvalue weighted by atomic mass is 16.2. The van der Waals surface area contributed by atoms with Crippen LogP contribution >= 0.6 is 0 Å². The molecular weight excluding hydrogens is 182 g/mol. The van der Waals surface area contributed by atoms with Crippen LogP contribution < -0.4 is 0 Å². The van der Waals surface area contributed by atoms with E-state index >= 15 is 0 Å². The summed E-state index contributed by atoms with van der Waals surface area (Å²) in [7, 11) is 0. The number of hydrogen-bond acceptors (Lipinski definition) is 3. The predicted octanol–water partition coefficient (Wildman–Crippen LogP) is 0.196. The number of carbonyl (C=O) groups is 2. The van der Waals surface area contributed by atoms with Gasteiger partial charge in [-0.2, -0.15) is 0 Å². The third kappa shape index (κ3) is 3.10. The van der Waals surface area contributed by atoms with Gasteiger partial charge in [-0.15, -0.1) is 0 Å². The zero-order valence-electron chi connectivity index (χ0n) is 8.32. The van der Waals surface area contributed by atoms with Crippen LogP contribution in [0.15, 0.2) is 0 Å². The Morgan fingerprint density at radius 3 is 2.79 bits per heavy atom. The van der Waals surface area contributed by atoms with Crippen LogP contribution in [0.5, 0.6) is 0 Å². The van der Waals surface area contributed by atoms with Gasteiger partial charge in [0, 0.05) is 32.0 Å². The van der Waals surface area contributed by atoms with Crippen LogP contribution in [0.2, 0.25) is 0 Å². The summed E-state index contributed by atoms with van der Waals surface area (Å²) < 4.78 is 0. The average Bonchev–Trinajstić information content (AvgIpc) is 2.54. The SMILES string of the molecule is O=CC1CC(=O)N(CCCCCO)C1. The minimum Gasteiger partial charge on any atom is -0.396 e. The molecule has 1 aliphatic heterocycles. The van der Waals surface area contributed by atoms with Crippen molar-refractivity contribution in [1.82, 2.24) is 4.90 Å². The van der Waals surface area contributed by atoms with Crippen LogP contribution in [-0.4, -0.2) is 41.9 Å². The molecule has 0 aromatic rings. The van der Waals surface area contributed by atoms with E-state index < -0.39 is 0 Å². The average molecular weight is 199 g/mol. The second-order valence-electron chi connectivity index (χ2n) is 3.72. The second kappa shape index (κ2) is 5.75. The Hall–Kier alpha value is -0.900. The molecule has 0 aromatic carbocycles. The highest BCUT2D eigenvalue weighted by Crippen LogP contribution is 2.16. The van der Waals surface area contributed by atoms with Gasteiger partial charge in [0.25, 0.3) is 0 Å². The molecule has 1 rings (SSSR count). The molecule has 14 heavy (non-hydrogen) atoms. The summed E-state index contributed by atoms with van der Waals surface area (Å²) in [5.74, 6) is -0.00793. The molecule has 0 spiro atoms. The van der Waals surface area contributed by atoms with Crippen LogP contribution in [0.25, 0.3) is 0 Å². The molecule has 1 unspecified atom stereocenters. The van der Waals surface area contributed by atoms with Crippen LogP contribution in [0, 0.1) is 5.92 Å². The molecule has 0 aliphatic carbocycles. The van der Waals surface area contributed by atoms with Crippen molar-refractivity contribution < 1.29 is 14.7 Å². The maximum atomic E-state index is 11.3. The predicted molar refractivity (Wildman–Crippen MR) is 51.7 cm³/mol. The summed E-state index contributed by atoms with van der Waals surface area (Å²) in [6.07, 6.45) is 3.89. The van der Waals surface area contributed by atoms with Gasteiger partial charge in [-0.25, -0.2) is 0 Å². The summed E-state index contributed by atoms with van der Waals surface area (Å²) >= 11 is 0. The van der Waals surface area contributed by atoms with Crippen molar-refractivity contribution in [3.8, 4) is 0 Å². The van der Waals surface area contributed by atoms with Crippen molar-refractivity contribution in [2.75, 3.05) is 19.7 Å². The minimum absolute atomic E-state index is 0.0890. The number of likely N-dealkylation sites (tertiary alicyclic amines) is 1. The lowest BCUT2D eigenvalue weighted by Gasteiger charge is -2.15. The fourth-order valence-corrected chi connectivity index (χ4v) is 1.70. The van der Waals surface area contributed by atoms with Gasteiger partial charge in [0.1, 0.15) is 6.29 Å². The van der Waals surface area contributed by atoms with E-state index in [9.17, 15) is 9.59 Å². The van der Waals surface area contributed by atoms with Crippen molar-refractivity contribution in [3.63, 3.8) is 0 Å². The Kier molecular flexibility index (Phi) is 4.59. The molecule has 1 N–H and O–H groups in total. The Morgan fingerprint density at radius 2 is 2.21 bits per heavy atom. The monoisotopic (exact) mass is 199 g/mol. The third-order valence-corrected chi connectivity index (χ3v) is 2.52. The van der Waals surface area contributed by atoms with Crippen LogP contribution in [0.4, 0.5) is 0 Å². The number of aliphatic hydroxyl groups excluding tert-OH is 1. The lowest BCUT2D eigenvalue weighted by molar-refractivity contribution is -0.128. The topological polar surface area (TPSA) is 57.6 Å². The van der Waals surface area contributed by atoms with Gasteiger partial charge in [0.05, 0.1) is 0 Å². The number of amides is 1. The van der Waals surface area contributed by atoms with E-state index in [0.717, 1.165) is 32.1 Å². The molecule has 4 heteroatoms. The summed E-state index contributed by atoms with van der Waals surface area (Å²) in [5, 5.41) is 8.56. The van der Waals surface area contributed by atoms with Gasteiger partial charge in [0.2, 0.25) is 5.91 Å². The number of aldehydes is 1. The fourth-order valence-electron chi connectivity index (χ4n) is 1.70. The number of carbonyl (C=O) groups excluding carboxylic acids is 2. The van der Waals surface area contributed by atoms with Crippen LogP contribution in [0.3, 0.4) is 0 Å². The standard InChI is InChI=1S/C10H17NO3/c12-5-3-1-2-4-11-7-9(8-13)6-10(11)14/h8-9,12H,1-7H2. The van der Waals surface area contributed by atoms with E-state index in [4.69, 9.17) is 5.11 Å². The second-order valence-corrected chi connectivity index (χ2v) is 3.72. The van der Waals surface area contributed by atoms with Crippen molar-refractivity contribution in [2.45, 2.75) is 25.7 Å². The lowest BCUT2D eigenvalue weighted by atomic mass is 10.1. The summed E-state index contributed by atoms with van der Waals surface area (Å²) in [5.41, 5.74) is 0. The number of rotatable bonds is 6. The molecule has 1 fully saturated rings. The Bertz CT molecular complexity index is 206. The molecule has 0 radical (unpaired) electrons. The van der Waals surface area contributed by atoms with Crippen LogP contribution in [0.1, 0.15) is 25.7 Å². The minimum atomic E-state index is -0.0969. The smallest absolute Gasteiger partial charge is 0.223 e. The van der Waals surface area contributed by atoms with Crippen molar-refractivity contribution in [2.24, 2.45) is 5.92 Å². The molecule has 1 aliphatic rings. The summed E-state index contributed by atoms with van der Waals surface area (Å²) in [6.45, 7) is 1.52. The van der Waals surface area contributed by atoms with E-state index in [2.05, 4.69) is 0 Å². The van der Waals surface area contributed by atoms with Gasteiger partial charge >= 0.3 is 0 Å².